The van der Waals surface area contributed by atoms with Gasteiger partial charge in [-0.25, -0.2) is 0 Å². The van der Waals surface area contributed by atoms with Crippen LogP contribution in [0.2, 0.25) is 0 Å². The Hall–Kier alpha value is -0.895. The van der Waals surface area contributed by atoms with Crippen molar-refractivity contribution in [2.75, 3.05) is 26.2 Å². The van der Waals surface area contributed by atoms with Crippen LogP contribution < -0.4 is 5.32 Å². The summed E-state index contributed by atoms with van der Waals surface area (Å²) < 4.78 is 5.54. The summed E-state index contributed by atoms with van der Waals surface area (Å²) in [6, 6.07) is 0. The number of ether oxygens (including phenoxy) is 1. The second-order valence-corrected chi connectivity index (χ2v) is 5.02. The second kappa shape index (κ2) is 3.84. The Balaban J connectivity index is 1.60. The highest BCUT2D eigenvalue weighted by Crippen LogP contribution is 2.32. The fourth-order valence-electron chi connectivity index (χ4n) is 2.98. The van der Waals surface area contributed by atoms with Gasteiger partial charge in [0.05, 0.1) is 0 Å². The molecule has 16 heavy (non-hydrogen) atoms. The molecule has 1 N–H and O–H groups in total. The van der Waals surface area contributed by atoms with Gasteiger partial charge in [0, 0.05) is 44.0 Å². The zero-order valence-electron chi connectivity index (χ0n) is 9.48. The van der Waals surface area contributed by atoms with E-state index in [1.807, 2.05) is 6.08 Å². The van der Waals surface area contributed by atoms with Crippen LogP contribution in [0.5, 0.6) is 0 Å². The van der Waals surface area contributed by atoms with Gasteiger partial charge in [0.25, 0.3) is 0 Å². The van der Waals surface area contributed by atoms with Gasteiger partial charge in [0.2, 0.25) is 0 Å². The molecule has 3 rings (SSSR count). The maximum Gasteiger partial charge on any atom is 0.166 e. The van der Waals surface area contributed by atoms with Gasteiger partial charge < -0.3 is 15.0 Å². The monoisotopic (exact) mass is 216 g/mol. The van der Waals surface area contributed by atoms with Crippen molar-refractivity contribution in [3.05, 3.63) is 24.0 Å². The molecule has 2 saturated heterocycles. The molecule has 0 saturated carbocycles. The fraction of sp³-hybridized carbons (Fsp3) is 0.667. The van der Waals surface area contributed by atoms with Crippen LogP contribution in [0.1, 0.15) is 6.42 Å². The maximum atomic E-state index is 5.62. The Morgan fingerprint density at radius 2 is 2.12 bits per heavy atom. The Bertz CT molecular complexity index is 330. The second-order valence-electron chi connectivity index (χ2n) is 5.02. The first kappa shape index (κ1) is 10.3. The predicted octanol–water partition coefficient (Wildman–Crippen LogP) is 0.450. The lowest BCUT2D eigenvalue weighted by Crippen LogP contribution is -2.30. The standard InChI is InChI=1S/C12H17BN2O/c1-8(11-2-3-12(13)16-11)15-6-9-4-14-5-10(9)7-15/h3,9-11,14H,1-2,4-7H2. The molecule has 84 valence electrons. The van der Waals surface area contributed by atoms with Gasteiger partial charge >= 0.3 is 0 Å². The largest absolute Gasteiger partial charge is 0.500 e. The number of rotatable bonds is 2. The third-order valence-corrected chi connectivity index (χ3v) is 3.98. The Labute approximate surface area is 97.9 Å². The first-order valence-electron chi connectivity index (χ1n) is 6.01. The zero-order valence-corrected chi connectivity index (χ0v) is 9.48. The molecule has 0 amide bonds. The van der Waals surface area contributed by atoms with Crippen molar-refractivity contribution < 1.29 is 4.74 Å². The molecule has 2 fully saturated rings. The normalized spacial score (nSPS) is 37.1. The van der Waals surface area contributed by atoms with Crippen LogP contribution in [0, 0.1) is 11.8 Å². The first-order chi connectivity index (χ1) is 7.74. The van der Waals surface area contributed by atoms with Crippen molar-refractivity contribution in [3.63, 3.8) is 0 Å². The fourth-order valence-corrected chi connectivity index (χ4v) is 2.98. The van der Waals surface area contributed by atoms with Crippen molar-refractivity contribution in [1.82, 2.24) is 10.2 Å². The Kier molecular flexibility index (Phi) is 2.47. The summed E-state index contributed by atoms with van der Waals surface area (Å²) in [5.41, 5.74) is 1.65. The molecule has 3 aliphatic rings. The topological polar surface area (TPSA) is 24.5 Å². The van der Waals surface area contributed by atoms with Gasteiger partial charge in [-0.1, -0.05) is 12.7 Å². The molecule has 3 nitrogen and oxygen atoms in total. The minimum atomic E-state index is 0.0757. The molecule has 0 aromatic heterocycles. The van der Waals surface area contributed by atoms with E-state index in [0.29, 0.717) is 5.66 Å². The molecule has 3 atom stereocenters. The first-order valence-corrected chi connectivity index (χ1v) is 6.01. The quantitative estimate of drug-likeness (QED) is 0.678. The lowest BCUT2D eigenvalue weighted by Gasteiger charge is -2.26. The van der Waals surface area contributed by atoms with E-state index >= 15 is 0 Å². The molecular formula is C12H17BN2O. The minimum Gasteiger partial charge on any atom is -0.500 e. The van der Waals surface area contributed by atoms with E-state index in [0.717, 1.165) is 50.1 Å². The number of nitrogens with zero attached hydrogens (tertiary/aromatic N) is 1. The van der Waals surface area contributed by atoms with Gasteiger partial charge in [-0.05, 0) is 11.8 Å². The highest BCUT2D eigenvalue weighted by Gasteiger charge is 2.38. The molecule has 0 aliphatic carbocycles. The highest BCUT2D eigenvalue weighted by atomic mass is 16.5. The van der Waals surface area contributed by atoms with Crippen LogP contribution >= 0.6 is 0 Å². The summed E-state index contributed by atoms with van der Waals surface area (Å²) in [6.45, 7) is 8.72. The molecular weight excluding hydrogens is 199 g/mol. The van der Waals surface area contributed by atoms with Crippen molar-refractivity contribution >= 4 is 7.85 Å². The summed E-state index contributed by atoms with van der Waals surface area (Å²) in [6.07, 6.45) is 2.88. The maximum absolute atomic E-state index is 5.62. The van der Waals surface area contributed by atoms with Crippen LogP contribution in [-0.4, -0.2) is 45.0 Å². The van der Waals surface area contributed by atoms with Gasteiger partial charge in [-0.15, -0.1) is 0 Å². The third-order valence-electron chi connectivity index (χ3n) is 3.98. The van der Waals surface area contributed by atoms with E-state index in [9.17, 15) is 0 Å². The molecule has 0 aromatic rings. The number of fused-ring (bicyclic) bond motifs is 1. The lowest BCUT2D eigenvalue weighted by atomic mass is 10.0. The lowest BCUT2D eigenvalue weighted by molar-refractivity contribution is 0.157. The zero-order chi connectivity index (χ0) is 11.1. The van der Waals surface area contributed by atoms with Crippen LogP contribution in [-0.2, 0) is 4.74 Å². The molecule has 0 spiro atoms. The van der Waals surface area contributed by atoms with Crippen LogP contribution in [0.4, 0.5) is 0 Å². The van der Waals surface area contributed by atoms with Gasteiger partial charge in [0.1, 0.15) is 6.10 Å². The van der Waals surface area contributed by atoms with Gasteiger partial charge in [-0.2, -0.15) is 0 Å². The van der Waals surface area contributed by atoms with Crippen molar-refractivity contribution in [1.29, 1.82) is 0 Å². The van der Waals surface area contributed by atoms with Crippen molar-refractivity contribution in [3.8, 4) is 0 Å². The molecule has 3 aliphatic heterocycles. The molecule has 3 heterocycles. The Morgan fingerprint density at radius 1 is 1.44 bits per heavy atom. The summed E-state index contributed by atoms with van der Waals surface area (Å²) >= 11 is 0. The third kappa shape index (κ3) is 1.65. The average Bonchev–Trinajstić information content (AvgIpc) is 2.89. The predicted molar refractivity (Wildman–Crippen MR) is 63.9 cm³/mol. The van der Waals surface area contributed by atoms with E-state index in [4.69, 9.17) is 12.6 Å². The molecule has 0 bridgehead atoms. The molecule has 2 radical (unpaired) electrons. The van der Waals surface area contributed by atoms with E-state index in [1.165, 1.54) is 0 Å². The summed E-state index contributed by atoms with van der Waals surface area (Å²) in [7, 11) is 5.62. The summed E-state index contributed by atoms with van der Waals surface area (Å²) in [5.74, 6) is 1.59. The van der Waals surface area contributed by atoms with Crippen molar-refractivity contribution in [2.24, 2.45) is 11.8 Å². The van der Waals surface area contributed by atoms with E-state index in [2.05, 4.69) is 16.8 Å². The van der Waals surface area contributed by atoms with Crippen LogP contribution in [0.3, 0.4) is 0 Å². The minimum absolute atomic E-state index is 0.0757. The van der Waals surface area contributed by atoms with Crippen LogP contribution in [0.25, 0.3) is 0 Å². The van der Waals surface area contributed by atoms with Crippen LogP contribution in [0.15, 0.2) is 24.0 Å². The van der Waals surface area contributed by atoms with E-state index < -0.39 is 0 Å². The molecule has 0 aromatic carbocycles. The van der Waals surface area contributed by atoms with E-state index in [1.54, 1.807) is 0 Å². The number of hydrogen-bond acceptors (Lipinski definition) is 3. The Morgan fingerprint density at radius 3 is 2.69 bits per heavy atom. The number of hydrogen-bond donors (Lipinski definition) is 1. The molecule has 3 unspecified atom stereocenters. The van der Waals surface area contributed by atoms with Gasteiger partial charge in [-0.3, -0.25) is 0 Å². The summed E-state index contributed by atoms with van der Waals surface area (Å²) in [5, 5.41) is 3.44. The van der Waals surface area contributed by atoms with E-state index in [-0.39, 0.29) is 6.10 Å². The SMILES string of the molecule is [B]C1=CCC(C(=C)N2CC3CNCC3C2)O1. The molecule has 4 heteroatoms. The van der Waals surface area contributed by atoms with Gasteiger partial charge in [0.15, 0.2) is 7.85 Å². The number of likely N-dealkylation sites (tertiary alicyclic amines) is 1. The summed E-state index contributed by atoms with van der Waals surface area (Å²) in [4.78, 5) is 2.38. The number of nitrogens with one attached hydrogen (secondary N) is 1. The average molecular weight is 216 g/mol. The van der Waals surface area contributed by atoms with Crippen molar-refractivity contribution in [2.45, 2.75) is 12.5 Å². The highest BCUT2D eigenvalue weighted by molar-refractivity contribution is 6.20. The smallest absolute Gasteiger partial charge is 0.166 e.